The van der Waals surface area contributed by atoms with Crippen molar-refractivity contribution in [3.63, 3.8) is 0 Å². The van der Waals surface area contributed by atoms with Gasteiger partial charge >= 0.3 is 0 Å². The molecule has 0 radical (unpaired) electrons. The lowest BCUT2D eigenvalue weighted by molar-refractivity contribution is -0.242. The molecule has 7 N–H and O–H groups in total. The maximum Gasteiger partial charge on any atom is 0.228 e. The Labute approximate surface area is 225 Å². The van der Waals surface area contributed by atoms with Crippen LogP contribution < -0.4 is 4.74 Å². The van der Waals surface area contributed by atoms with E-state index in [0.29, 0.717) is 0 Å². The molecule has 12 heteroatoms. The van der Waals surface area contributed by atoms with Crippen LogP contribution in [0.5, 0.6) is 28.7 Å². The summed E-state index contributed by atoms with van der Waals surface area (Å²) in [6.07, 6.45) is -6.38. The van der Waals surface area contributed by atoms with E-state index < -0.39 is 94.0 Å². The molecule has 1 aliphatic heterocycles. The van der Waals surface area contributed by atoms with Crippen molar-refractivity contribution in [2.75, 3.05) is 6.61 Å². The van der Waals surface area contributed by atoms with Crippen molar-refractivity contribution in [1.82, 2.24) is 0 Å². The lowest BCUT2D eigenvalue weighted by atomic mass is 9.77. The number of hydrogen-bond donors (Lipinski definition) is 7. The molecule has 0 saturated carbocycles. The van der Waals surface area contributed by atoms with Gasteiger partial charge in [-0.25, -0.2) is 0 Å². The Hall–Kier alpha value is -4.49. The van der Waals surface area contributed by atoms with Gasteiger partial charge in [0.25, 0.3) is 0 Å². The molecule has 208 valence electrons. The molecule has 0 spiro atoms. The summed E-state index contributed by atoms with van der Waals surface area (Å²) < 4.78 is 10.7. The SMILES string of the molecule is CC(=O)c1c(OC2OCC(O)C(O)C2O)cc(O)c(-c2c(C)cc(O)c3c2C(=O)c2cccc(O)c2C3=O)c1O. The Bertz CT molecular complexity index is 1610. The number of Topliss-reactive ketones (excluding diaryl/α,β-unsaturated/α-hetero) is 1. The summed E-state index contributed by atoms with van der Waals surface area (Å²) in [6.45, 7) is 2.10. The molecule has 1 fully saturated rings. The number of carbonyl (C=O) groups excluding carboxylic acids is 3. The normalized spacial score (nSPS) is 22.0. The van der Waals surface area contributed by atoms with Crippen molar-refractivity contribution in [3.8, 4) is 39.9 Å². The fourth-order valence-electron chi connectivity index (χ4n) is 5.13. The maximum atomic E-state index is 13.7. The predicted octanol–water partition coefficient (Wildman–Crippen LogP) is 1.28. The smallest absolute Gasteiger partial charge is 0.228 e. The van der Waals surface area contributed by atoms with Gasteiger partial charge in [-0.15, -0.1) is 0 Å². The number of ether oxygens (including phenoxy) is 2. The Morgan fingerprint density at radius 2 is 1.52 bits per heavy atom. The number of rotatable bonds is 4. The zero-order valence-corrected chi connectivity index (χ0v) is 21.1. The van der Waals surface area contributed by atoms with E-state index in [1.54, 1.807) is 0 Å². The van der Waals surface area contributed by atoms with E-state index in [4.69, 9.17) is 9.47 Å². The van der Waals surface area contributed by atoms with Crippen LogP contribution in [0.25, 0.3) is 11.1 Å². The van der Waals surface area contributed by atoms with E-state index in [0.717, 1.165) is 19.1 Å². The highest BCUT2D eigenvalue weighted by Gasteiger charge is 2.41. The molecule has 3 aromatic rings. The summed E-state index contributed by atoms with van der Waals surface area (Å²) in [5, 5.41) is 73.1. The molecule has 1 saturated heterocycles. The molecule has 12 nitrogen and oxygen atoms in total. The van der Waals surface area contributed by atoms with E-state index in [1.807, 2.05) is 0 Å². The van der Waals surface area contributed by atoms with Gasteiger partial charge in [0, 0.05) is 22.8 Å². The van der Waals surface area contributed by atoms with Gasteiger partial charge < -0.3 is 45.2 Å². The van der Waals surface area contributed by atoms with Gasteiger partial charge in [0.1, 0.15) is 52.6 Å². The van der Waals surface area contributed by atoms with E-state index in [9.17, 15) is 50.1 Å². The number of benzene rings is 3. The molecule has 0 bridgehead atoms. The van der Waals surface area contributed by atoms with Crippen LogP contribution in [0.3, 0.4) is 0 Å². The van der Waals surface area contributed by atoms with Gasteiger partial charge in [0.05, 0.1) is 23.3 Å². The summed E-state index contributed by atoms with van der Waals surface area (Å²) in [6, 6.07) is 5.93. The van der Waals surface area contributed by atoms with Crippen LogP contribution in [-0.2, 0) is 4.74 Å². The minimum Gasteiger partial charge on any atom is -0.507 e. The first-order valence-corrected chi connectivity index (χ1v) is 12.1. The highest BCUT2D eigenvalue weighted by molar-refractivity contribution is 6.32. The minimum absolute atomic E-state index is 0.151. The second-order valence-electron chi connectivity index (χ2n) is 9.61. The lowest BCUT2D eigenvalue weighted by Crippen LogP contribution is -2.54. The number of carbonyl (C=O) groups is 3. The van der Waals surface area contributed by atoms with Crippen LogP contribution >= 0.6 is 0 Å². The Kier molecular flexibility index (Phi) is 6.51. The van der Waals surface area contributed by atoms with Crippen LogP contribution in [0.1, 0.15) is 54.7 Å². The van der Waals surface area contributed by atoms with Crippen molar-refractivity contribution in [2.24, 2.45) is 0 Å². The second kappa shape index (κ2) is 9.61. The summed E-state index contributed by atoms with van der Waals surface area (Å²) in [7, 11) is 0. The van der Waals surface area contributed by atoms with E-state index in [2.05, 4.69) is 0 Å². The largest absolute Gasteiger partial charge is 0.507 e. The molecular formula is C28H24O12. The molecule has 3 aromatic carbocycles. The number of aryl methyl sites for hydroxylation is 1. The number of fused-ring (bicyclic) bond motifs is 2. The van der Waals surface area contributed by atoms with Crippen molar-refractivity contribution in [3.05, 3.63) is 63.7 Å². The third kappa shape index (κ3) is 3.97. The third-order valence-electron chi connectivity index (χ3n) is 7.02. The number of phenolic OH excluding ortho intramolecular Hbond substituents is 4. The van der Waals surface area contributed by atoms with Crippen molar-refractivity contribution >= 4 is 17.3 Å². The molecule has 5 rings (SSSR count). The van der Waals surface area contributed by atoms with Crippen molar-refractivity contribution < 1.29 is 59.6 Å². The van der Waals surface area contributed by atoms with Gasteiger partial charge in [-0.2, -0.15) is 0 Å². The van der Waals surface area contributed by atoms with E-state index in [-0.39, 0.29) is 27.8 Å². The predicted molar refractivity (Wildman–Crippen MR) is 135 cm³/mol. The summed E-state index contributed by atoms with van der Waals surface area (Å²) >= 11 is 0. The molecule has 1 aliphatic carbocycles. The van der Waals surface area contributed by atoms with Gasteiger partial charge in [0.15, 0.2) is 11.6 Å². The molecule has 4 unspecified atom stereocenters. The fraction of sp³-hybridized carbons (Fsp3) is 0.250. The highest BCUT2D eigenvalue weighted by atomic mass is 16.7. The highest BCUT2D eigenvalue weighted by Crippen LogP contribution is 2.50. The first-order valence-electron chi connectivity index (χ1n) is 12.1. The monoisotopic (exact) mass is 552 g/mol. The minimum atomic E-state index is -1.75. The Morgan fingerprint density at radius 3 is 2.20 bits per heavy atom. The second-order valence-corrected chi connectivity index (χ2v) is 9.61. The van der Waals surface area contributed by atoms with E-state index >= 15 is 0 Å². The molecule has 2 aliphatic rings. The number of hydrogen-bond acceptors (Lipinski definition) is 12. The molecule has 40 heavy (non-hydrogen) atoms. The fourth-order valence-corrected chi connectivity index (χ4v) is 5.13. The zero-order chi connectivity index (χ0) is 29.2. The van der Waals surface area contributed by atoms with Crippen LogP contribution in [-0.4, -0.2) is 84.3 Å². The third-order valence-corrected chi connectivity index (χ3v) is 7.02. The van der Waals surface area contributed by atoms with Crippen LogP contribution in [0, 0.1) is 6.92 Å². The van der Waals surface area contributed by atoms with Gasteiger partial charge in [-0.1, -0.05) is 12.1 Å². The number of aliphatic hydroxyl groups excluding tert-OH is 3. The van der Waals surface area contributed by atoms with Gasteiger partial charge in [0.2, 0.25) is 12.1 Å². The average molecular weight is 552 g/mol. The topological polar surface area (TPSA) is 211 Å². The van der Waals surface area contributed by atoms with Gasteiger partial charge in [-0.3, -0.25) is 14.4 Å². The maximum absolute atomic E-state index is 13.7. The van der Waals surface area contributed by atoms with Crippen molar-refractivity contribution in [1.29, 1.82) is 0 Å². The molecular weight excluding hydrogens is 528 g/mol. The number of aromatic hydroxyl groups is 4. The Balaban J connectivity index is 1.72. The van der Waals surface area contributed by atoms with Crippen LogP contribution in [0.4, 0.5) is 0 Å². The number of phenols is 4. The average Bonchev–Trinajstić information content (AvgIpc) is 2.88. The first-order chi connectivity index (χ1) is 18.8. The summed E-state index contributed by atoms with van der Waals surface area (Å²) in [5.41, 5.74) is -2.22. The first kappa shape index (κ1) is 27.1. The zero-order valence-electron chi connectivity index (χ0n) is 21.1. The van der Waals surface area contributed by atoms with Crippen molar-refractivity contribution in [2.45, 2.75) is 38.4 Å². The quantitative estimate of drug-likeness (QED) is 0.179. The Morgan fingerprint density at radius 1 is 0.850 bits per heavy atom. The van der Waals surface area contributed by atoms with E-state index in [1.165, 1.54) is 25.1 Å². The summed E-state index contributed by atoms with van der Waals surface area (Å²) in [4.78, 5) is 39.7. The molecule has 0 amide bonds. The number of aliphatic hydroxyl groups is 3. The lowest BCUT2D eigenvalue weighted by Gasteiger charge is -2.35. The van der Waals surface area contributed by atoms with Crippen LogP contribution in [0.2, 0.25) is 0 Å². The van der Waals surface area contributed by atoms with Crippen LogP contribution in [0.15, 0.2) is 30.3 Å². The number of ketones is 3. The standard InChI is InChI=1S/C28H24O12/c1-9-6-13(31)21-22(23(34)11-4-3-5-12(30)19(11)26(21)37)17(9)20-14(32)7-16(18(10(2)29)25(20)36)40-28-27(38)24(35)15(33)8-39-28/h3-7,15,24,27-28,30-33,35-36,38H,8H2,1-2H3. The molecule has 0 aromatic heterocycles. The summed E-state index contributed by atoms with van der Waals surface area (Å²) in [5.74, 6) is -5.45. The molecule has 1 heterocycles. The van der Waals surface area contributed by atoms with Gasteiger partial charge in [-0.05, 0) is 31.5 Å². The molecule has 4 atom stereocenters.